The van der Waals surface area contributed by atoms with Crippen molar-refractivity contribution in [3.8, 4) is 0 Å². The molecule has 0 aromatic carbocycles. The molecule has 2 unspecified atom stereocenters. The summed E-state index contributed by atoms with van der Waals surface area (Å²) in [5, 5.41) is 3.51. The van der Waals surface area contributed by atoms with Crippen LogP contribution in [0.4, 0.5) is 0 Å². The first-order chi connectivity index (χ1) is 6.36. The van der Waals surface area contributed by atoms with Crippen LogP contribution in [0.2, 0.25) is 0 Å². The van der Waals surface area contributed by atoms with Gasteiger partial charge in [-0.2, -0.15) is 0 Å². The fourth-order valence-electron chi connectivity index (χ4n) is 1.87. The van der Waals surface area contributed by atoms with Gasteiger partial charge < -0.3 is 10.1 Å². The van der Waals surface area contributed by atoms with E-state index in [1.807, 2.05) is 0 Å². The number of hydrogen-bond donors (Lipinski definition) is 1. The average molecular weight is 185 g/mol. The van der Waals surface area contributed by atoms with Crippen LogP contribution in [0.3, 0.4) is 0 Å². The molecule has 13 heavy (non-hydrogen) atoms. The number of hydrogen-bond acceptors (Lipinski definition) is 2. The Hall–Kier alpha value is -0.0800. The zero-order valence-corrected chi connectivity index (χ0v) is 9.01. The van der Waals surface area contributed by atoms with Gasteiger partial charge in [0, 0.05) is 19.2 Å². The minimum Gasteiger partial charge on any atom is -0.377 e. The highest BCUT2D eigenvalue weighted by atomic mass is 16.5. The lowest BCUT2D eigenvalue weighted by molar-refractivity contribution is 0.0632. The Bertz CT molecular complexity index is 127. The van der Waals surface area contributed by atoms with Crippen LogP contribution in [-0.2, 0) is 4.74 Å². The van der Waals surface area contributed by atoms with E-state index >= 15 is 0 Å². The lowest BCUT2D eigenvalue weighted by Gasteiger charge is -2.10. The number of nitrogens with one attached hydrogen (secondary N) is 1. The van der Waals surface area contributed by atoms with Gasteiger partial charge in [0.2, 0.25) is 0 Å². The van der Waals surface area contributed by atoms with Crippen molar-refractivity contribution in [3.05, 3.63) is 0 Å². The second-order valence-corrected chi connectivity index (χ2v) is 3.98. The quantitative estimate of drug-likeness (QED) is 0.641. The molecule has 2 nitrogen and oxygen atoms in total. The standard InChI is InChI=1S/C11H23NO/c1-3-5-7-13-11-8-10(6-4-2)12-9-11/h10-12H,3-9H2,1-2H3. The Morgan fingerprint density at radius 3 is 2.85 bits per heavy atom. The molecule has 0 bridgehead atoms. The largest absolute Gasteiger partial charge is 0.377 e. The molecule has 1 N–H and O–H groups in total. The van der Waals surface area contributed by atoms with Crippen LogP contribution >= 0.6 is 0 Å². The van der Waals surface area contributed by atoms with E-state index in [-0.39, 0.29) is 0 Å². The van der Waals surface area contributed by atoms with Crippen molar-refractivity contribution >= 4 is 0 Å². The fraction of sp³-hybridized carbons (Fsp3) is 1.00. The van der Waals surface area contributed by atoms with Gasteiger partial charge in [0.1, 0.15) is 0 Å². The third-order valence-corrected chi connectivity index (χ3v) is 2.67. The maximum atomic E-state index is 5.76. The summed E-state index contributed by atoms with van der Waals surface area (Å²) in [6.45, 7) is 6.46. The zero-order valence-electron chi connectivity index (χ0n) is 9.01. The van der Waals surface area contributed by atoms with Gasteiger partial charge in [0.05, 0.1) is 6.10 Å². The van der Waals surface area contributed by atoms with Crippen molar-refractivity contribution in [3.63, 3.8) is 0 Å². The molecule has 1 saturated heterocycles. The highest BCUT2D eigenvalue weighted by Gasteiger charge is 2.23. The lowest BCUT2D eigenvalue weighted by atomic mass is 10.1. The Morgan fingerprint density at radius 2 is 2.15 bits per heavy atom. The zero-order chi connectivity index (χ0) is 9.52. The van der Waals surface area contributed by atoms with Crippen LogP contribution < -0.4 is 5.32 Å². The maximum Gasteiger partial charge on any atom is 0.0714 e. The molecular weight excluding hydrogens is 162 g/mol. The second kappa shape index (κ2) is 6.39. The Balaban J connectivity index is 2.03. The van der Waals surface area contributed by atoms with E-state index in [0.717, 1.165) is 19.2 Å². The van der Waals surface area contributed by atoms with Crippen LogP contribution in [-0.4, -0.2) is 25.3 Å². The van der Waals surface area contributed by atoms with Gasteiger partial charge in [-0.1, -0.05) is 26.7 Å². The van der Waals surface area contributed by atoms with Gasteiger partial charge in [0.15, 0.2) is 0 Å². The first-order valence-electron chi connectivity index (χ1n) is 5.71. The molecule has 1 fully saturated rings. The van der Waals surface area contributed by atoms with E-state index in [1.165, 1.54) is 32.1 Å². The van der Waals surface area contributed by atoms with Crippen LogP contribution in [0.1, 0.15) is 46.0 Å². The minimum absolute atomic E-state index is 0.489. The summed E-state index contributed by atoms with van der Waals surface area (Å²) in [4.78, 5) is 0. The van der Waals surface area contributed by atoms with Crippen LogP contribution in [0.15, 0.2) is 0 Å². The smallest absolute Gasteiger partial charge is 0.0714 e. The minimum atomic E-state index is 0.489. The maximum absolute atomic E-state index is 5.76. The molecule has 0 saturated carbocycles. The molecule has 2 heteroatoms. The van der Waals surface area contributed by atoms with E-state index < -0.39 is 0 Å². The van der Waals surface area contributed by atoms with Gasteiger partial charge in [-0.3, -0.25) is 0 Å². The molecule has 2 atom stereocenters. The first-order valence-corrected chi connectivity index (χ1v) is 5.71. The van der Waals surface area contributed by atoms with Crippen molar-refractivity contribution in [2.45, 2.75) is 58.1 Å². The summed E-state index contributed by atoms with van der Waals surface area (Å²) >= 11 is 0. The molecule has 0 aromatic rings. The predicted octanol–water partition coefficient (Wildman–Crippen LogP) is 2.33. The molecule has 0 radical (unpaired) electrons. The monoisotopic (exact) mass is 185 g/mol. The summed E-state index contributed by atoms with van der Waals surface area (Å²) in [5.41, 5.74) is 0. The fourth-order valence-corrected chi connectivity index (χ4v) is 1.87. The molecule has 78 valence electrons. The third kappa shape index (κ3) is 4.10. The van der Waals surface area contributed by atoms with Crippen molar-refractivity contribution < 1.29 is 4.74 Å². The van der Waals surface area contributed by atoms with Crippen LogP contribution in [0.25, 0.3) is 0 Å². The van der Waals surface area contributed by atoms with Crippen LogP contribution in [0.5, 0.6) is 0 Å². The molecule has 0 aromatic heterocycles. The normalized spacial score (nSPS) is 28.2. The Kier molecular flexibility index (Phi) is 5.40. The van der Waals surface area contributed by atoms with E-state index in [0.29, 0.717) is 6.10 Å². The highest BCUT2D eigenvalue weighted by molar-refractivity contribution is 4.81. The molecule has 1 heterocycles. The molecule has 0 amide bonds. The summed E-state index contributed by atoms with van der Waals surface area (Å²) in [5.74, 6) is 0. The van der Waals surface area contributed by atoms with E-state index in [2.05, 4.69) is 19.2 Å². The van der Waals surface area contributed by atoms with Crippen molar-refractivity contribution in [1.82, 2.24) is 5.32 Å². The second-order valence-electron chi connectivity index (χ2n) is 3.98. The van der Waals surface area contributed by atoms with E-state index in [4.69, 9.17) is 4.74 Å². The molecule has 1 aliphatic rings. The molecule has 0 spiro atoms. The van der Waals surface area contributed by atoms with Crippen molar-refractivity contribution in [1.29, 1.82) is 0 Å². The average Bonchev–Trinajstić information content (AvgIpc) is 2.54. The Morgan fingerprint density at radius 1 is 1.31 bits per heavy atom. The number of unbranched alkanes of at least 4 members (excludes halogenated alkanes) is 1. The summed E-state index contributed by atoms with van der Waals surface area (Å²) in [7, 11) is 0. The predicted molar refractivity (Wildman–Crippen MR) is 56.0 cm³/mol. The highest BCUT2D eigenvalue weighted by Crippen LogP contribution is 2.14. The summed E-state index contributed by atoms with van der Waals surface area (Å²) in [6, 6.07) is 0.719. The summed E-state index contributed by atoms with van der Waals surface area (Å²) < 4.78 is 5.76. The SMILES string of the molecule is CCCCOC1CNC(CCC)C1. The van der Waals surface area contributed by atoms with E-state index in [1.54, 1.807) is 0 Å². The van der Waals surface area contributed by atoms with Gasteiger partial charge in [-0.25, -0.2) is 0 Å². The van der Waals surface area contributed by atoms with Gasteiger partial charge in [-0.15, -0.1) is 0 Å². The van der Waals surface area contributed by atoms with Gasteiger partial charge >= 0.3 is 0 Å². The van der Waals surface area contributed by atoms with E-state index in [9.17, 15) is 0 Å². The Labute approximate surface area is 82.0 Å². The van der Waals surface area contributed by atoms with Crippen molar-refractivity contribution in [2.24, 2.45) is 0 Å². The lowest BCUT2D eigenvalue weighted by Crippen LogP contribution is -2.21. The van der Waals surface area contributed by atoms with Gasteiger partial charge in [-0.05, 0) is 19.3 Å². The van der Waals surface area contributed by atoms with Crippen molar-refractivity contribution in [2.75, 3.05) is 13.2 Å². The first kappa shape index (κ1) is 11.0. The molecule has 0 aliphatic carbocycles. The molecule has 1 aliphatic heterocycles. The number of ether oxygens (including phenoxy) is 1. The molecule has 1 rings (SSSR count). The van der Waals surface area contributed by atoms with Crippen LogP contribution in [0, 0.1) is 0 Å². The topological polar surface area (TPSA) is 21.3 Å². The number of rotatable bonds is 6. The summed E-state index contributed by atoms with van der Waals surface area (Å²) in [6.07, 6.45) is 6.72. The third-order valence-electron chi connectivity index (χ3n) is 2.67. The molecular formula is C11H23NO. The van der Waals surface area contributed by atoms with Gasteiger partial charge in [0.25, 0.3) is 0 Å².